The minimum Gasteiger partial charge on any atom is -0.356 e. The first kappa shape index (κ1) is 13.5. The van der Waals surface area contributed by atoms with Crippen LogP contribution in [0.3, 0.4) is 0 Å². The molecule has 0 bridgehead atoms. The van der Waals surface area contributed by atoms with E-state index in [1.165, 1.54) is 6.07 Å². The van der Waals surface area contributed by atoms with Crippen LogP contribution in [-0.4, -0.2) is 33.3 Å². The molecule has 0 aromatic heterocycles. The maximum atomic E-state index is 11.8. The number of hydrogen-bond acceptors (Lipinski definition) is 4. The third-order valence-corrected chi connectivity index (χ3v) is 4.04. The van der Waals surface area contributed by atoms with Crippen LogP contribution >= 0.6 is 0 Å². The number of carbonyl (C=O) groups excluding carboxylic acids is 1. The Morgan fingerprint density at radius 2 is 2.11 bits per heavy atom. The van der Waals surface area contributed by atoms with Crippen molar-refractivity contribution in [2.24, 2.45) is 4.99 Å². The number of carbonyl (C=O) groups is 1. The molecule has 0 aliphatic carbocycles. The van der Waals surface area contributed by atoms with Gasteiger partial charge in [0.05, 0.1) is 11.4 Å². The lowest BCUT2D eigenvalue weighted by atomic mass is 10.2. The third-order valence-electron chi connectivity index (χ3n) is 2.65. The van der Waals surface area contributed by atoms with Gasteiger partial charge in [-0.1, -0.05) is 12.1 Å². The highest BCUT2D eigenvalue weighted by Crippen LogP contribution is 2.21. The van der Waals surface area contributed by atoms with Gasteiger partial charge in [-0.15, -0.1) is 0 Å². The van der Waals surface area contributed by atoms with E-state index < -0.39 is 10.0 Å². The van der Waals surface area contributed by atoms with Gasteiger partial charge in [0.15, 0.2) is 0 Å². The topological polar surface area (TPSA) is 87.6 Å². The van der Waals surface area contributed by atoms with Crippen LogP contribution in [0.25, 0.3) is 0 Å². The zero-order chi connectivity index (χ0) is 13.9. The molecule has 1 aliphatic rings. The van der Waals surface area contributed by atoms with E-state index in [9.17, 15) is 13.2 Å². The van der Waals surface area contributed by atoms with Gasteiger partial charge in [-0.25, -0.2) is 8.42 Å². The van der Waals surface area contributed by atoms with E-state index in [4.69, 9.17) is 0 Å². The van der Waals surface area contributed by atoms with Crippen LogP contribution in [-0.2, 0) is 14.8 Å². The van der Waals surface area contributed by atoms with Gasteiger partial charge in [0, 0.05) is 18.5 Å². The van der Waals surface area contributed by atoms with Crippen LogP contribution in [0.2, 0.25) is 0 Å². The Morgan fingerprint density at radius 3 is 2.84 bits per heavy atom. The summed E-state index contributed by atoms with van der Waals surface area (Å²) < 4.78 is 26.0. The summed E-state index contributed by atoms with van der Waals surface area (Å²) in [6.45, 7) is 2.66. The first-order valence-electron chi connectivity index (χ1n) is 5.98. The second kappa shape index (κ2) is 5.40. The molecular weight excluding hydrogens is 266 g/mol. The Hall–Kier alpha value is -1.89. The van der Waals surface area contributed by atoms with E-state index >= 15 is 0 Å². The number of sulfonamides is 1. The molecule has 1 amide bonds. The fourth-order valence-corrected chi connectivity index (χ4v) is 3.06. The number of amides is 1. The monoisotopic (exact) mass is 281 g/mol. The van der Waals surface area contributed by atoms with Crippen LogP contribution < -0.4 is 10.0 Å². The maximum absolute atomic E-state index is 11.8. The number of benzene rings is 1. The summed E-state index contributed by atoms with van der Waals surface area (Å²) in [6.07, 6.45) is 0.237. The van der Waals surface area contributed by atoms with Gasteiger partial charge in [-0.3, -0.25) is 14.5 Å². The van der Waals surface area contributed by atoms with Gasteiger partial charge >= 0.3 is 0 Å². The van der Waals surface area contributed by atoms with E-state index in [-0.39, 0.29) is 23.8 Å². The number of nitrogens with zero attached hydrogens (tertiary/aromatic N) is 1. The molecule has 7 heteroatoms. The van der Waals surface area contributed by atoms with E-state index in [0.29, 0.717) is 17.9 Å². The lowest BCUT2D eigenvalue weighted by molar-refractivity contribution is -0.120. The first-order valence-corrected chi connectivity index (χ1v) is 7.46. The standard InChI is InChI=1S/C12H15N3O3S/c1-2-13-11(16)7-8-14-12-9-5-3-4-6-10(9)19(17,18)15-12/h3-6H,2,7-8H2,1H3,(H,13,16)(H,14,15). The van der Waals surface area contributed by atoms with Crippen molar-refractivity contribution in [3.05, 3.63) is 29.8 Å². The average Bonchev–Trinajstić information content (AvgIpc) is 2.62. The maximum Gasteiger partial charge on any atom is 0.263 e. The van der Waals surface area contributed by atoms with E-state index in [0.717, 1.165) is 0 Å². The number of amidine groups is 1. The molecule has 1 aliphatic heterocycles. The molecule has 6 nitrogen and oxygen atoms in total. The summed E-state index contributed by atoms with van der Waals surface area (Å²) in [5.41, 5.74) is 0.554. The Kier molecular flexibility index (Phi) is 3.84. The van der Waals surface area contributed by atoms with Crippen molar-refractivity contribution in [2.45, 2.75) is 18.2 Å². The number of aliphatic imine (C=N–C) groups is 1. The van der Waals surface area contributed by atoms with E-state index in [1.807, 2.05) is 6.92 Å². The van der Waals surface area contributed by atoms with Crippen molar-refractivity contribution >= 4 is 21.8 Å². The van der Waals surface area contributed by atoms with Crippen molar-refractivity contribution in [3.8, 4) is 0 Å². The molecule has 0 atom stereocenters. The molecule has 0 unspecified atom stereocenters. The molecular formula is C12H15N3O3S. The molecule has 19 heavy (non-hydrogen) atoms. The highest BCUT2D eigenvalue weighted by Gasteiger charge is 2.29. The highest BCUT2D eigenvalue weighted by molar-refractivity contribution is 7.90. The summed E-state index contributed by atoms with van der Waals surface area (Å²) in [5.74, 6) is 0.209. The van der Waals surface area contributed by atoms with E-state index in [2.05, 4.69) is 15.0 Å². The van der Waals surface area contributed by atoms with Crippen molar-refractivity contribution in [2.75, 3.05) is 13.1 Å². The Bertz CT molecular complexity index is 623. The van der Waals surface area contributed by atoms with Gasteiger partial charge in [0.2, 0.25) is 5.91 Å². The van der Waals surface area contributed by atoms with Crippen LogP contribution in [0.15, 0.2) is 34.2 Å². The molecule has 2 rings (SSSR count). The summed E-state index contributed by atoms with van der Waals surface area (Å²) in [5, 5.41) is 2.66. The number of fused-ring (bicyclic) bond motifs is 1. The lowest BCUT2D eigenvalue weighted by Crippen LogP contribution is -2.25. The Morgan fingerprint density at radius 1 is 1.37 bits per heavy atom. The lowest BCUT2D eigenvalue weighted by Gasteiger charge is -2.00. The second-order valence-electron chi connectivity index (χ2n) is 4.04. The smallest absolute Gasteiger partial charge is 0.263 e. The van der Waals surface area contributed by atoms with Crippen molar-refractivity contribution in [3.63, 3.8) is 0 Å². The van der Waals surface area contributed by atoms with E-state index in [1.54, 1.807) is 18.2 Å². The van der Waals surface area contributed by atoms with Crippen molar-refractivity contribution < 1.29 is 13.2 Å². The molecule has 0 spiro atoms. The van der Waals surface area contributed by atoms with Crippen LogP contribution in [0.5, 0.6) is 0 Å². The summed E-state index contributed by atoms with van der Waals surface area (Å²) in [4.78, 5) is 15.6. The van der Waals surface area contributed by atoms with Crippen molar-refractivity contribution in [1.29, 1.82) is 0 Å². The SMILES string of the molecule is CCNC(=O)CCN=C1NS(=O)(=O)c2ccccc21. The number of hydrogen-bond donors (Lipinski definition) is 2. The molecule has 1 aromatic rings. The third kappa shape index (κ3) is 2.93. The fraction of sp³-hybridized carbons (Fsp3) is 0.333. The van der Waals surface area contributed by atoms with Crippen LogP contribution in [0, 0.1) is 0 Å². The molecule has 102 valence electrons. The minimum absolute atomic E-state index is 0.0963. The average molecular weight is 281 g/mol. The fourth-order valence-electron chi connectivity index (χ4n) is 1.81. The molecule has 0 fully saturated rings. The number of nitrogens with one attached hydrogen (secondary N) is 2. The predicted molar refractivity (Wildman–Crippen MR) is 71.5 cm³/mol. The quantitative estimate of drug-likeness (QED) is 0.829. The zero-order valence-corrected chi connectivity index (χ0v) is 11.3. The predicted octanol–water partition coefficient (Wildman–Crippen LogP) is 0.251. The summed E-state index contributed by atoms with van der Waals surface area (Å²) in [6, 6.07) is 6.64. The van der Waals surface area contributed by atoms with Gasteiger partial charge in [-0.2, -0.15) is 0 Å². The van der Waals surface area contributed by atoms with Crippen LogP contribution in [0.1, 0.15) is 18.9 Å². The Labute approximate surface area is 112 Å². The molecule has 0 radical (unpaired) electrons. The normalized spacial score (nSPS) is 17.8. The molecule has 1 aromatic carbocycles. The molecule has 2 N–H and O–H groups in total. The van der Waals surface area contributed by atoms with Gasteiger partial charge in [0.1, 0.15) is 5.84 Å². The van der Waals surface area contributed by atoms with Gasteiger partial charge < -0.3 is 5.32 Å². The van der Waals surface area contributed by atoms with Gasteiger partial charge in [-0.05, 0) is 19.1 Å². The molecule has 1 heterocycles. The second-order valence-corrected chi connectivity index (χ2v) is 5.69. The summed E-state index contributed by atoms with van der Waals surface area (Å²) in [7, 11) is -3.50. The molecule has 0 saturated heterocycles. The van der Waals surface area contributed by atoms with Crippen LogP contribution in [0.4, 0.5) is 0 Å². The zero-order valence-electron chi connectivity index (χ0n) is 10.5. The largest absolute Gasteiger partial charge is 0.356 e. The van der Waals surface area contributed by atoms with Crippen molar-refractivity contribution in [1.82, 2.24) is 10.0 Å². The highest BCUT2D eigenvalue weighted by atomic mass is 32.2. The van der Waals surface area contributed by atoms with Gasteiger partial charge in [0.25, 0.3) is 10.0 Å². The minimum atomic E-state index is -3.50. The molecule has 0 saturated carbocycles. The first-order chi connectivity index (χ1) is 9.04. The Balaban J connectivity index is 2.13. The summed E-state index contributed by atoms with van der Waals surface area (Å²) >= 11 is 0. The number of rotatable bonds is 4.